The van der Waals surface area contributed by atoms with Crippen LogP contribution >= 0.6 is 11.6 Å². The van der Waals surface area contributed by atoms with Crippen LogP contribution in [0.15, 0.2) is 24.0 Å². The van der Waals surface area contributed by atoms with Crippen LogP contribution in [-0.4, -0.2) is 41.1 Å². The number of carbonyl (C=O) groups excluding carboxylic acids is 2. The maximum Gasteiger partial charge on any atom is 0.417 e. The summed E-state index contributed by atoms with van der Waals surface area (Å²) in [6.45, 7) is 3.31. The normalized spacial score (nSPS) is 17.9. The first-order chi connectivity index (χ1) is 12.9. The minimum atomic E-state index is -4.58. The second-order valence-electron chi connectivity index (χ2n) is 7.02. The first kappa shape index (κ1) is 22.0. The Bertz CT molecular complexity index is 811. The van der Waals surface area contributed by atoms with Crippen LogP contribution in [0.25, 0.3) is 0 Å². The Balaban J connectivity index is 2.08. The van der Waals surface area contributed by atoms with Crippen LogP contribution < -0.4 is 16.0 Å². The minimum Gasteiger partial charge on any atom is -0.401 e. The van der Waals surface area contributed by atoms with Crippen molar-refractivity contribution in [1.29, 1.82) is 0 Å². The molecule has 0 aromatic carbocycles. The molecular weight excluding hydrogens is 401 g/mol. The average molecular weight is 421 g/mol. The fourth-order valence-corrected chi connectivity index (χ4v) is 2.65. The Kier molecular flexibility index (Phi) is 6.24. The summed E-state index contributed by atoms with van der Waals surface area (Å²) in [7, 11) is 0. The van der Waals surface area contributed by atoms with E-state index in [1.165, 1.54) is 4.90 Å². The van der Waals surface area contributed by atoms with E-state index in [0.29, 0.717) is 19.2 Å². The van der Waals surface area contributed by atoms with E-state index in [0.717, 1.165) is 12.1 Å². The lowest BCUT2D eigenvalue weighted by atomic mass is 9.90. The number of nitrogens with one attached hydrogen (secondary N) is 1. The Labute approximate surface area is 164 Å². The quantitative estimate of drug-likeness (QED) is 0.627. The topological polar surface area (TPSA) is 109 Å². The van der Waals surface area contributed by atoms with E-state index >= 15 is 0 Å². The highest BCUT2D eigenvalue weighted by molar-refractivity contribution is 6.33. The summed E-state index contributed by atoms with van der Waals surface area (Å²) in [6.07, 6.45) is -2.55. The highest BCUT2D eigenvalue weighted by Crippen LogP contribution is 2.36. The van der Waals surface area contributed by atoms with Gasteiger partial charge in [0, 0.05) is 29.9 Å². The maximum atomic E-state index is 12.7. The van der Waals surface area contributed by atoms with E-state index in [2.05, 4.69) is 10.3 Å². The molecule has 1 fully saturated rings. The first-order valence-electron chi connectivity index (χ1n) is 8.29. The number of nitrogens with two attached hydrogens (primary N) is 1. The number of nitrogens with zero attached hydrogens (tertiary/aromatic N) is 2. The van der Waals surface area contributed by atoms with Crippen LogP contribution in [0.5, 0.6) is 0 Å². The lowest BCUT2D eigenvalue weighted by Crippen LogP contribution is -2.57. The number of pyridine rings is 1. The summed E-state index contributed by atoms with van der Waals surface area (Å²) in [5.41, 5.74) is 4.02. The number of alkyl halides is 3. The van der Waals surface area contributed by atoms with Crippen LogP contribution in [0, 0.1) is 5.41 Å². The second-order valence-corrected chi connectivity index (χ2v) is 7.43. The van der Waals surface area contributed by atoms with E-state index in [4.69, 9.17) is 17.3 Å². The molecule has 0 spiro atoms. The van der Waals surface area contributed by atoms with Crippen molar-refractivity contribution in [3.63, 3.8) is 0 Å². The molecule has 154 valence electrons. The van der Waals surface area contributed by atoms with Gasteiger partial charge in [0.1, 0.15) is 11.9 Å². The van der Waals surface area contributed by atoms with Gasteiger partial charge in [-0.25, -0.2) is 4.98 Å². The number of anilines is 1. The van der Waals surface area contributed by atoms with Crippen LogP contribution in [-0.2, 0) is 15.8 Å². The zero-order valence-electron chi connectivity index (χ0n) is 15.2. The van der Waals surface area contributed by atoms with Crippen molar-refractivity contribution >= 4 is 29.2 Å². The standard InChI is InChI=1S/C17H20ClF3N4O3/c1-16(2,8-26)12(22)6-13(27)24-15(28)11-3-4-25(11)14-10(18)5-9(7-23-14)17(19,20)21/h5-7,11,26H,3-4,8,22H2,1-2H3,(H,24,27,28)/t11-/m0/s1. The number of halogens is 4. The van der Waals surface area contributed by atoms with Gasteiger partial charge in [-0.3, -0.25) is 14.9 Å². The SMILES string of the molecule is CC(C)(CO)C(N)=CC(=O)NC(=O)[C@@H]1CCN1c1ncc(C(F)(F)F)cc1Cl. The Hall–Kier alpha value is -2.33. The zero-order valence-corrected chi connectivity index (χ0v) is 15.9. The third-order valence-electron chi connectivity index (χ3n) is 4.45. The number of aliphatic hydroxyl groups excluding tert-OH is 1. The molecule has 4 N–H and O–H groups in total. The van der Waals surface area contributed by atoms with Crippen molar-refractivity contribution in [3.8, 4) is 0 Å². The van der Waals surface area contributed by atoms with Crippen LogP contribution in [0.3, 0.4) is 0 Å². The van der Waals surface area contributed by atoms with E-state index in [1.807, 2.05) is 0 Å². The number of amides is 2. The number of rotatable bonds is 5. The zero-order chi connectivity index (χ0) is 21.3. The molecule has 0 radical (unpaired) electrons. The Morgan fingerprint density at radius 1 is 1.46 bits per heavy atom. The van der Waals surface area contributed by atoms with Gasteiger partial charge in [0.15, 0.2) is 0 Å². The van der Waals surface area contributed by atoms with E-state index < -0.39 is 35.0 Å². The fraction of sp³-hybridized carbons (Fsp3) is 0.471. The molecule has 2 rings (SSSR count). The molecule has 0 bridgehead atoms. The molecule has 1 aromatic heterocycles. The van der Waals surface area contributed by atoms with E-state index in [1.54, 1.807) is 13.8 Å². The molecule has 0 saturated carbocycles. The number of imide groups is 1. The van der Waals surface area contributed by atoms with Crippen molar-refractivity contribution < 1.29 is 27.9 Å². The summed E-state index contributed by atoms with van der Waals surface area (Å²) >= 11 is 5.90. The van der Waals surface area contributed by atoms with Gasteiger partial charge >= 0.3 is 6.18 Å². The molecule has 7 nitrogen and oxygen atoms in total. The molecule has 2 heterocycles. The van der Waals surface area contributed by atoms with Gasteiger partial charge in [-0.15, -0.1) is 0 Å². The van der Waals surface area contributed by atoms with Crippen molar-refractivity contribution in [2.24, 2.45) is 11.1 Å². The van der Waals surface area contributed by atoms with Gasteiger partial charge in [0.05, 0.1) is 17.2 Å². The second kappa shape index (κ2) is 7.96. The van der Waals surface area contributed by atoms with E-state index in [-0.39, 0.29) is 23.1 Å². The smallest absolute Gasteiger partial charge is 0.401 e. The van der Waals surface area contributed by atoms with Crippen LogP contribution in [0.4, 0.5) is 19.0 Å². The summed E-state index contributed by atoms with van der Waals surface area (Å²) < 4.78 is 38.1. The first-order valence-corrected chi connectivity index (χ1v) is 8.67. The van der Waals surface area contributed by atoms with Gasteiger partial charge in [-0.05, 0) is 12.5 Å². The summed E-state index contributed by atoms with van der Waals surface area (Å²) in [4.78, 5) is 29.4. The molecule has 1 aromatic rings. The molecule has 1 aliphatic heterocycles. The number of hydrogen-bond acceptors (Lipinski definition) is 6. The predicted octanol–water partition coefficient (Wildman–Crippen LogP) is 1.84. The lowest BCUT2D eigenvalue weighted by molar-refractivity contribution is -0.138. The van der Waals surface area contributed by atoms with Gasteiger partial charge in [-0.1, -0.05) is 25.4 Å². The largest absolute Gasteiger partial charge is 0.417 e. The van der Waals surface area contributed by atoms with Crippen molar-refractivity contribution in [2.75, 3.05) is 18.1 Å². The molecule has 28 heavy (non-hydrogen) atoms. The van der Waals surface area contributed by atoms with Crippen molar-refractivity contribution in [1.82, 2.24) is 10.3 Å². The molecule has 1 aliphatic rings. The summed E-state index contributed by atoms with van der Waals surface area (Å²) in [5.74, 6) is -1.38. The highest BCUT2D eigenvalue weighted by Gasteiger charge is 2.38. The maximum absolute atomic E-state index is 12.7. The Morgan fingerprint density at radius 2 is 2.11 bits per heavy atom. The average Bonchev–Trinajstić information content (AvgIpc) is 2.54. The molecule has 2 amide bonds. The molecule has 1 atom stereocenters. The van der Waals surface area contributed by atoms with Crippen LogP contribution in [0.1, 0.15) is 25.8 Å². The van der Waals surface area contributed by atoms with Crippen molar-refractivity contribution in [2.45, 2.75) is 32.5 Å². The van der Waals surface area contributed by atoms with Crippen LogP contribution in [0.2, 0.25) is 5.02 Å². The number of aromatic nitrogens is 1. The predicted molar refractivity (Wildman–Crippen MR) is 96.3 cm³/mol. The summed E-state index contributed by atoms with van der Waals surface area (Å²) in [5, 5.41) is 11.1. The van der Waals surface area contributed by atoms with Gasteiger partial charge < -0.3 is 15.7 Å². The third kappa shape index (κ3) is 4.74. The fourth-order valence-electron chi connectivity index (χ4n) is 2.38. The monoisotopic (exact) mass is 420 g/mol. The van der Waals surface area contributed by atoms with Gasteiger partial charge in [0.25, 0.3) is 5.91 Å². The number of carbonyl (C=O) groups is 2. The highest BCUT2D eigenvalue weighted by atomic mass is 35.5. The minimum absolute atomic E-state index is 0.0324. The molecule has 11 heteroatoms. The summed E-state index contributed by atoms with van der Waals surface area (Å²) in [6, 6.07) is -0.0610. The Morgan fingerprint density at radius 3 is 2.57 bits per heavy atom. The third-order valence-corrected chi connectivity index (χ3v) is 4.73. The lowest BCUT2D eigenvalue weighted by Gasteiger charge is -2.40. The van der Waals surface area contributed by atoms with Gasteiger partial charge in [-0.2, -0.15) is 13.2 Å². The molecule has 0 aliphatic carbocycles. The van der Waals surface area contributed by atoms with E-state index in [9.17, 15) is 27.9 Å². The number of aliphatic hydroxyl groups is 1. The van der Waals surface area contributed by atoms with Crippen molar-refractivity contribution in [3.05, 3.63) is 34.6 Å². The molecular formula is C17H20ClF3N4O3. The van der Waals surface area contributed by atoms with Gasteiger partial charge in [0.2, 0.25) is 5.91 Å². The number of hydrogen-bond donors (Lipinski definition) is 3. The molecule has 1 saturated heterocycles. The molecule has 0 unspecified atom stereocenters.